The summed E-state index contributed by atoms with van der Waals surface area (Å²) in [5.41, 5.74) is 0. The van der Waals surface area contributed by atoms with Gasteiger partial charge in [-0.2, -0.15) is 0 Å². The summed E-state index contributed by atoms with van der Waals surface area (Å²) >= 11 is 0. The van der Waals surface area contributed by atoms with Crippen molar-refractivity contribution >= 4 is 13.7 Å². The van der Waals surface area contributed by atoms with E-state index in [0.717, 1.165) is 116 Å². The van der Waals surface area contributed by atoms with E-state index < -0.39 is 20.0 Å². The van der Waals surface area contributed by atoms with Crippen molar-refractivity contribution in [2.45, 2.75) is 302 Å². The number of unbranched alkanes of at least 4 members (excludes halogenated alkanes) is 30. The number of likely N-dealkylation sites (N-methyl/N-ethyl adjacent to an activating group) is 1. The maximum Gasteiger partial charge on any atom is 0.472 e. The second-order valence-electron chi connectivity index (χ2n) is 24.5. The van der Waals surface area contributed by atoms with Gasteiger partial charge < -0.3 is 19.8 Å². The standard InChI is InChI=1S/C76H133N2O6P/c1-6-8-10-12-14-16-18-20-22-24-26-28-30-32-34-36-38-39-40-42-44-46-48-50-52-54-56-58-60-62-64-66-68-70-76(80)77-74(73-84-85(81,82)83-72-71-78(3,4)5)75(79)69-67-65-63-61-59-57-55-53-51-49-47-45-43-41-37-35-33-31-29-27-25-23-21-19-17-15-13-11-9-7-2/h8,10,14,16,20,22,26,28,32,34,38-39,42,44,48,50,54,56,59,61,67,69,74-75,79H,6-7,9,11-13,15,17-19,21,23-25,27,29-31,33,35-37,40-41,43,45-47,49,51-53,55,57-58,60,62-66,68,70-73H2,1-5H3,(H-,77,80,81,82)/p+1/b10-8-,16-14-,22-20-,28-26-,34-32-,39-38-,44-42-,50-48-,56-54-,61-59+,69-67+. The molecule has 85 heavy (non-hydrogen) atoms. The van der Waals surface area contributed by atoms with Gasteiger partial charge in [0.15, 0.2) is 0 Å². The van der Waals surface area contributed by atoms with Gasteiger partial charge in [0.1, 0.15) is 13.2 Å². The number of phosphoric acid groups is 1. The Bertz CT molecular complexity index is 1850. The van der Waals surface area contributed by atoms with Gasteiger partial charge in [0, 0.05) is 6.42 Å². The topological polar surface area (TPSA) is 105 Å². The molecule has 8 nitrogen and oxygen atoms in total. The molecule has 0 aliphatic heterocycles. The largest absolute Gasteiger partial charge is 0.472 e. The van der Waals surface area contributed by atoms with Crippen molar-refractivity contribution in [1.29, 1.82) is 0 Å². The van der Waals surface area contributed by atoms with E-state index in [9.17, 15) is 19.4 Å². The molecule has 9 heteroatoms. The Morgan fingerprint density at radius 2 is 0.718 bits per heavy atom. The molecular weight excluding hydrogens is 1070 g/mol. The van der Waals surface area contributed by atoms with Crippen LogP contribution in [0.2, 0.25) is 0 Å². The summed E-state index contributed by atoms with van der Waals surface area (Å²) < 4.78 is 23.8. The molecule has 488 valence electrons. The molecular formula is C76H134N2O6P+. The van der Waals surface area contributed by atoms with Crippen LogP contribution in [0.5, 0.6) is 0 Å². The predicted octanol–water partition coefficient (Wildman–Crippen LogP) is 22.6. The van der Waals surface area contributed by atoms with Crippen molar-refractivity contribution in [2.24, 2.45) is 0 Å². The highest BCUT2D eigenvalue weighted by atomic mass is 31.2. The Kier molecular flexibility index (Phi) is 62.5. The number of rotatable bonds is 63. The lowest BCUT2D eigenvalue weighted by atomic mass is 10.0. The van der Waals surface area contributed by atoms with Crippen LogP contribution in [0.3, 0.4) is 0 Å². The van der Waals surface area contributed by atoms with E-state index in [1.807, 2.05) is 27.2 Å². The van der Waals surface area contributed by atoms with E-state index in [1.54, 1.807) is 6.08 Å². The molecule has 0 aromatic rings. The van der Waals surface area contributed by atoms with E-state index in [0.29, 0.717) is 17.4 Å². The molecule has 0 aliphatic rings. The Labute approximate surface area is 526 Å². The fraction of sp³-hybridized carbons (Fsp3) is 0.697. The zero-order valence-corrected chi connectivity index (χ0v) is 56.7. The number of nitrogens with one attached hydrogen (secondary N) is 1. The molecule has 0 fully saturated rings. The normalized spacial score (nSPS) is 14.5. The molecule has 0 heterocycles. The van der Waals surface area contributed by atoms with Crippen molar-refractivity contribution in [3.63, 3.8) is 0 Å². The quantitative estimate of drug-likeness (QED) is 0.0243. The van der Waals surface area contributed by atoms with Crippen LogP contribution in [-0.2, 0) is 18.4 Å². The molecule has 0 bridgehead atoms. The summed E-state index contributed by atoms with van der Waals surface area (Å²) in [5.74, 6) is -0.209. The molecule has 0 aromatic carbocycles. The Morgan fingerprint density at radius 3 is 1.08 bits per heavy atom. The molecule has 0 spiro atoms. The van der Waals surface area contributed by atoms with E-state index >= 15 is 0 Å². The first-order chi connectivity index (χ1) is 41.5. The lowest BCUT2D eigenvalue weighted by Crippen LogP contribution is -2.45. The highest BCUT2D eigenvalue weighted by Crippen LogP contribution is 2.43. The van der Waals surface area contributed by atoms with Crippen LogP contribution in [0, 0.1) is 0 Å². The van der Waals surface area contributed by atoms with Gasteiger partial charge >= 0.3 is 7.82 Å². The summed E-state index contributed by atoms with van der Waals surface area (Å²) in [6, 6.07) is -0.887. The lowest BCUT2D eigenvalue weighted by Gasteiger charge is -2.25. The smallest absolute Gasteiger partial charge is 0.387 e. The second-order valence-corrected chi connectivity index (χ2v) is 26.0. The number of carbonyl (C=O) groups excluding carboxylic acids is 1. The maximum absolute atomic E-state index is 13.0. The van der Waals surface area contributed by atoms with Gasteiger partial charge in [0.2, 0.25) is 5.91 Å². The molecule has 0 saturated heterocycles. The van der Waals surface area contributed by atoms with Gasteiger partial charge in [0.25, 0.3) is 0 Å². The SMILES string of the molecule is CC/C=C\C/C=C\C/C=C\C/C=C\C/C=C\C/C=C\C/C=C\C/C=C\C/C=C\CCCCCCCC(=O)NC(COP(=O)(O)OCC[N+](C)(C)C)C(O)/C=C/CC/C=C/CCCCCCCCCCCCCCCCCCCCCCCCCC. The van der Waals surface area contributed by atoms with Gasteiger partial charge in [-0.1, -0.05) is 314 Å². The van der Waals surface area contributed by atoms with Crippen molar-refractivity contribution in [1.82, 2.24) is 5.32 Å². The Morgan fingerprint density at radius 1 is 0.412 bits per heavy atom. The van der Waals surface area contributed by atoms with E-state index in [-0.39, 0.29) is 19.1 Å². The first-order valence-corrected chi connectivity index (χ1v) is 36.6. The summed E-state index contributed by atoms with van der Waals surface area (Å²) in [4.78, 5) is 23.4. The number of hydrogen-bond donors (Lipinski definition) is 3. The van der Waals surface area contributed by atoms with Crippen LogP contribution >= 0.6 is 7.82 Å². The van der Waals surface area contributed by atoms with Crippen LogP contribution in [0.4, 0.5) is 0 Å². The summed E-state index contributed by atoms with van der Waals surface area (Å²) in [6.45, 7) is 4.68. The first-order valence-electron chi connectivity index (χ1n) is 35.1. The number of allylic oxidation sites excluding steroid dienone is 21. The van der Waals surface area contributed by atoms with Crippen molar-refractivity contribution < 1.29 is 32.9 Å². The predicted molar refractivity (Wildman–Crippen MR) is 373 cm³/mol. The van der Waals surface area contributed by atoms with Crippen molar-refractivity contribution in [3.05, 3.63) is 134 Å². The minimum atomic E-state index is -4.38. The average Bonchev–Trinajstić information content (AvgIpc) is 3.49. The van der Waals surface area contributed by atoms with E-state index in [2.05, 4.69) is 141 Å². The molecule has 0 saturated carbocycles. The second kappa shape index (κ2) is 65.1. The number of nitrogens with zero attached hydrogens (tertiary/aromatic N) is 1. The van der Waals surface area contributed by atoms with Crippen molar-refractivity contribution in [2.75, 3.05) is 40.9 Å². The molecule has 3 N–H and O–H groups in total. The number of hydrogen-bond acceptors (Lipinski definition) is 5. The number of aliphatic hydroxyl groups is 1. The monoisotopic (exact) mass is 1200 g/mol. The number of aliphatic hydroxyl groups excluding tert-OH is 1. The fourth-order valence-electron chi connectivity index (χ4n) is 9.70. The molecule has 1 amide bonds. The van der Waals surface area contributed by atoms with Crippen LogP contribution in [-0.4, -0.2) is 73.4 Å². The number of phosphoric ester groups is 1. The summed E-state index contributed by atoms with van der Waals surface area (Å²) in [7, 11) is 1.53. The molecule has 0 aliphatic carbocycles. The van der Waals surface area contributed by atoms with Crippen LogP contribution < -0.4 is 5.32 Å². The lowest BCUT2D eigenvalue weighted by molar-refractivity contribution is -0.870. The molecule has 0 radical (unpaired) electrons. The van der Waals surface area contributed by atoms with E-state index in [4.69, 9.17) is 9.05 Å². The highest BCUT2D eigenvalue weighted by Gasteiger charge is 2.28. The van der Waals surface area contributed by atoms with E-state index in [1.165, 1.54) is 154 Å². The van der Waals surface area contributed by atoms with Crippen molar-refractivity contribution in [3.8, 4) is 0 Å². The zero-order chi connectivity index (χ0) is 61.9. The number of quaternary nitrogens is 1. The molecule has 3 atom stereocenters. The van der Waals surface area contributed by atoms with Gasteiger partial charge in [-0.05, 0) is 103 Å². The first kappa shape index (κ1) is 81.6. The average molecular weight is 1200 g/mol. The molecule has 0 rings (SSSR count). The third kappa shape index (κ3) is 68.0. The van der Waals surface area contributed by atoms with Gasteiger partial charge in [-0.3, -0.25) is 13.8 Å². The van der Waals surface area contributed by atoms with Gasteiger partial charge in [0.05, 0.1) is 39.9 Å². The third-order valence-corrected chi connectivity index (χ3v) is 16.1. The summed E-state index contributed by atoms with van der Waals surface area (Å²) in [6.07, 6.45) is 98.9. The van der Waals surface area contributed by atoms with Crippen LogP contribution in [0.1, 0.15) is 290 Å². The highest BCUT2D eigenvalue weighted by molar-refractivity contribution is 7.47. The minimum absolute atomic E-state index is 0.0450. The molecule has 3 unspecified atom stereocenters. The minimum Gasteiger partial charge on any atom is -0.387 e. The maximum atomic E-state index is 13.0. The number of amides is 1. The Balaban J connectivity index is 4.22. The Hall–Kier alpha value is -3.36. The number of carbonyl (C=O) groups is 1. The zero-order valence-electron chi connectivity index (χ0n) is 55.8. The fourth-order valence-corrected chi connectivity index (χ4v) is 10.4. The van der Waals surface area contributed by atoms with Gasteiger partial charge in [-0.25, -0.2) is 4.57 Å². The summed E-state index contributed by atoms with van der Waals surface area (Å²) in [5, 5.41) is 14.0. The molecule has 0 aromatic heterocycles. The van der Waals surface area contributed by atoms with Gasteiger partial charge in [-0.15, -0.1) is 0 Å². The van der Waals surface area contributed by atoms with Crippen LogP contribution in [0.25, 0.3) is 0 Å². The van der Waals surface area contributed by atoms with Crippen LogP contribution in [0.15, 0.2) is 134 Å². The third-order valence-electron chi connectivity index (χ3n) is 15.1.